The van der Waals surface area contributed by atoms with E-state index in [1.165, 1.54) is 32.1 Å². The van der Waals surface area contributed by atoms with Crippen LogP contribution in [-0.4, -0.2) is 23.2 Å². The zero-order valence-corrected chi connectivity index (χ0v) is 9.61. The first-order valence-electron chi connectivity index (χ1n) is 6.47. The summed E-state index contributed by atoms with van der Waals surface area (Å²) in [5.41, 5.74) is 0. The van der Waals surface area contributed by atoms with Crippen molar-refractivity contribution in [1.82, 2.24) is 15.5 Å². The molecule has 1 aliphatic heterocycles. The second-order valence-corrected chi connectivity index (χ2v) is 5.02. The minimum absolute atomic E-state index is 0.473. The third-order valence-corrected chi connectivity index (χ3v) is 3.84. The Hall–Kier alpha value is -0.900. The molecule has 1 saturated carbocycles. The predicted octanol–water partition coefficient (Wildman–Crippen LogP) is 2.19. The number of nitrogens with zero attached hydrogens (tertiary/aromatic N) is 2. The summed E-state index contributed by atoms with van der Waals surface area (Å²) >= 11 is 0. The molecule has 2 fully saturated rings. The highest BCUT2D eigenvalue weighted by molar-refractivity contribution is 5.02. The van der Waals surface area contributed by atoms with E-state index in [0.717, 1.165) is 31.2 Å². The zero-order valence-electron chi connectivity index (χ0n) is 9.61. The third-order valence-electron chi connectivity index (χ3n) is 3.84. The molecule has 1 aromatic heterocycles. The van der Waals surface area contributed by atoms with Gasteiger partial charge in [-0.2, -0.15) is 4.98 Å². The number of rotatable bonds is 2. The molecule has 1 atom stereocenters. The van der Waals surface area contributed by atoms with Gasteiger partial charge >= 0.3 is 0 Å². The molecule has 0 radical (unpaired) electrons. The smallest absolute Gasteiger partial charge is 0.229 e. The molecule has 1 aromatic rings. The summed E-state index contributed by atoms with van der Waals surface area (Å²) in [5, 5.41) is 7.49. The van der Waals surface area contributed by atoms with Crippen LogP contribution in [0.4, 0.5) is 0 Å². The molecule has 0 aromatic carbocycles. The maximum atomic E-state index is 5.43. The fraction of sp³-hybridized carbons (Fsp3) is 0.833. The van der Waals surface area contributed by atoms with E-state index in [4.69, 9.17) is 4.52 Å². The minimum Gasteiger partial charge on any atom is -0.339 e. The van der Waals surface area contributed by atoms with E-state index in [-0.39, 0.29) is 0 Å². The van der Waals surface area contributed by atoms with Gasteiger partial charge in [-0.1, -0.05) is 24.4 Å². The molecule has 0 bridgehead atoms. The lowest BCUT2D eigenvalue weighted by Gasteiger charge is -2.17. The van der Waals surface area contributed by atoms with E-state index in [9.17, 15) is 0 Å². The van der Waals surface area contributed by atoms with Crippen molar-refractivity contribution in [2.75, 3.05) is 13.1 Å². The fourth-order valence-electron chi connectivity index (χ4n) is 2.80. The Labute approximate surface area is 95.8 Å². The molecule has 3 rings (SSSR count). The van der Waals surface area contributed by atoms with E-state index in [2.05, 4.69) is 15.5 Å². The topological polar surface area (TPSA) is 51.0 Å². The molecule has 2 heterocycles. The van der Waals surface area contributed by atoms with Crippen molar-refractivity contribution < 1.29 is 4.52 Å². The number of nitrogens with one attached hydrogen (secondary N) is 1. The van der Waals surface area contributed by atoms with E-state index in [1.54, 1.807) is 0 Å². The lowest BCUT2D eigenvalue weighted by Crippen LogP contribution is -2.09. The van der Waals surface area contributed by atoms with Crippen molar-refractivity contribution in [2.45, 2.75) is 50.4 Å². The molecule has 1 N–H and O–H groups in total. The zero-order chi connectivity index (χ0) is 10.8. The third kappa shape index (κ3) is 1.98. The minimum atomic E-state index is 0.473. The normalized spacial score (nSPS) is 27.4. The number of hydrogen-bond acceptors (Lipinski definition) is 4. The van der Waals surface area contributed by atoms with Crippen molar-refractivity contribution in [2.24, 2.45) is 0 Å². The Kier molecular flexibility index (Phi) is 2.91. The number of aromatic nitrogens is 2. The highest BCUT2D eigenvalue weighted by atomic mass is 16.5. The van der Waals surface area contributed by atoms with Crippen molar-refractivity contribution in [3.05, 3.63) is 11.7 Å². The van der Waals surface area contributed by atoms with E-state index in [0.29, 0.717) is 11.8 Å². The Bertz CT molecular complexity index is 338. The summed E-state index contributed by atoms with van der Waals surface area (Å²) in [7, 11) is 0. The van der Waals surface area contributed by atoms with Gasteiger partial charge in [0.2, 0.25) is 5.89 Å². The molecule has 4 nitrogen and oxygen atoms in total. The largest absolute Gasteiger partial charge is 0.339 e. The van der Waals surface area contributed by atoms with Crippen molar-refractivity contribution in [3.8, 4) is 0 Å². The van der Waals surface area contributed by atoms with Gasteiger partial charge in [0.1, 0.15) is 0 Å². The first-order chi connectivity index (χ1) is 7.93. The van der Waals surface area contributed by atoms with Gasteiger partial charge in [-0.25, -0.2) is 0 Å². The lowest BCUT2D eigenvalue weighted by molar-refractivity contribution is 0.311. The van der Waals surface area contributed by atoms with Crippen LogP contribution in [0.25, 0.3) is 0 Å². The monoisotopic (exact) mass is 221 g/mol. The molecular formula is C12H19N3O. The maximum absolute atomic E-state index is 5.43. The average molecular weight is 221 g/mol. The summed E-state index contributed by atoms with van der Waals surface area (Å²) in [5.74, 6) is 2.82. The van der Waals surface area contributed by atoms with E-state index in [1.807, 2.05) is 0 Å². The summed E-state index contributed by atoms with van der Waals surface area (Å²) in [6.07, 6.45) is 7.59. The van der Waals surface area contributed by atoms with Gasteiger partial charge in [0.25, 0.3) is 0 Å². The summed E-state index contributed by atoms with van der Waals surface area (Å²) in [4.78, 5) is 4.60. The Balaban J connectivity index is 1.71. The summed E-state index contributed by atoms with van der Waals surface area (Å²) < 4.78 is 5.43. The van der Waals surface area contributed by atoms with Gasteiger partial charge in [0.05, 0.1) is 0 Å². The number of hydrogen-bond donors (Lipinski definition) is 1. The van der Waals surface area contributed by atoms with Gasteiger partial charge in [-0.05, 0) is 25.8 Å². The van der Waals surface area contributed by atoms with Crippen molar-refractivity contribution in [1.29, 1.82) is 0 Å². The second kappa shape index (κ2) is 4.53. The van der Waals surface area contributed by atoms with Crippen LogP contribution in [-0.2, 0) is 0 Å². The molecule has 1 saturated heterocycles. The van der Waals surface area contributed by atoms with Crippen LogP contribution < -0.4 is 5.32 Å². The molecule has 0 spiro atoms. The first kappa shape index (κ1) is 10.3. The van der Waals surface area contributed by atoms with Crippen LogP contribution in [0.1, 0.15) is 62.1 Å². The quantitative estimate of drug-likeness (QED) is 0.831. The van der Waals surface area contributed by atoms with Gasteiger partial charge < -0.3 is 9.84 Å². The molecule has 0 amide bonds. The summed E-state index contributed by atoms with van der Waals surface area (Å²) in [6.45, 7) is 2.08. The van der Waals surface area contributed by atoms with Crippen LogP contribution in [0.2, 0.25) is 0 Å². The Morgan fingerprint density at radius 2 is 1.94 bits per heavy atom. The molecule has 0 unspecified atom stereocenters. The Morgan fingerprint density at radius 3 is 2.69 bits per heavy atom. The molecule has 2 aliphatic rings. The van der Waals surface area contributed by atoms with Gasteiger partial charge in [-0.15, -0.1) is 0 Å². The van der Waals surface area contributed by atoms with Gasteiger partial charge in [-0.3, -0.25) is 0 Å². The predicted molar refractivity (Wildman–Crippen MR) is 60.4 cm³/mol. The highest BCUT2D eigenvalue weighted by Gasteiger charge is 2.25. The molecule has 88 valence electrons. The van der Waals surface area contributed by atoms with Crippen molar-refractivity contribution >= 4 is 0 Å². The van der Waals surface area contributed by atoms with Crippen LogP contribution in [0.15, 0.2) is 4.52 Å². The van der Waals surface area contributed by atoms with Gasteiger partial charge in [0, 0.05) is 18.4 Å². The molecule has 1 aliphatic carbocycles. The first-order valence-corrected chi connectivity index (χ1v) is 6.47. The Morgan fingerprint density at radius 1 is 1.06 bits per heavy atom. The maximum Gasteiger partial charge on any atom is 0.229 e. The fourth-order valence-corrected chi connectivity index (χ4v) is 2.80. The second-order valence-electron chi connectivity index (χ2n) is 5.02. The van der Waals surface area contributed by atoms with Crippen LogP contribution >= 0.6 is 0 Å². The lowest BCUT2D eigenvalue weighted by atomic mass is 9.89. The standard InChI is InChI=1S/C12H19N3O/c1-2-4-9(5-3-1)12-14-11(15-16-12)10-6-7-13-8-10/h9-10,13H,1-8H2/t10-/m0/s1. The summed E-state index contributed by atoms with van der Waals surface area (Å²) in [6, 6.07) is 0. The molecule has 16 heavy (non-hydrogen) atoms. The SMILES string of the molecule is C1CCC(c2nc([C@H]3CCNC3)no2)CC1. The van der Waals surface area contributed by atoms with E-state index >= 15 is 0 Å². The van der Waals surface area contributed by atoms with Crippen LogP contribution in [0, 0.1) is 0 Å². The molecular weight excluding hydrogens is 202 g/mol. The van der Waals surface area contributed by atoms with Crippen LogP contribution in [0.5, 0.6) is 0 Å². The van der Waals surface area contributed by atoms with E-state index < -0.39 is 0 Å². The van der Waals surface area contributed by atoms with Gasteiger partial charge in [0.15, 0.2) is 5.82 Å². The highest BCUT2D eigenvalue weighted by Crippen LogP contribution is 2.32. The van der Waals surface area contributed by atoms with Crippen LogP contribution in [0.3, 0.4) is 0 Å². The van der Waals surface area contributed by atoms with Crippen molar-refractivity contribution in [3.63, 3.8) is 0 Å². The average Bonchev–Trinajstić information content (AvgIpc) is 3.01. The molecule has 4 heteroatoms.